The van der Waals surface area contributed by atoms with Gasteiger partial charge in [0.25, 0.3) is 0 Å². The normalized spacial score (nSPS) is 10.3. The molecule has 0 bridgehead atoms. The van der Waals surface area contributed by atoms with Crippen molar-refractivity contribution in [2.45, 2.75) is 19.8 Å². The Hall–Kier alpha value is -2.17. The first-order chi connectivity index (χ1) is 8.69. The highest BCUT2D eigenvalue weighted by Crippen LogP contribution is 2.19. The van der Waals surface area contributed by atoms with Crippen molar-refractivity contribution in [3.63, 3.8) is 0 Å². The molecule has 5 heteroatoms. The van der Waals surface area contributed by atoms with E-state index in [0.717, 1.165) is 11.3 Å². The van der Waals surface area contributed by atoms with E-state index < -0.39 is 0 Å². The van der Waals surface area contributed by atoms with Gasteiger partial charge in [0.15, 0.2) is 0 Å². The number of nitrogens with zero attached hydrogens (tertiary/aromatic N) is 2. The maximum Gasteiger partial charge on any atom is 0.227 e. The maximum atomic E-state index is 10.9. The summed E-state index contributed by atoms with van der Waals surface area (Å²) in [5.74, 6) is 1.89. The van der Waals surface area contributed by atoms with Gasteiger partial charge < -0.3 is 14.1 Å². The molecular formula is C13H14N2O3. The molecule has 0 aliphatic heterocycles. The number of carbonyl (C=O) groups excluding carboxylic acids is 1. The fourth-order valence-electron chi connectivity index (χ4n) is 1.50. The van der Waals surface area contributed by atoms with Gasteiger partial charge in [0, 0.05) is 18.4 Å². The van der Waals surface area contributed by atoms with E-state index in [0.29, 0.717) is 24.6 Å². The van der Waals surface area contributed by atoms with Crippen molar-refractivity contribution in [2.24, 2.45) is 0 Å². The molecule has 1 heterocycles. The molecule has 2 aromatic rings. The number of aryl methyl sites for hydroxylation is 1. The lowest BCUT2D eigenvalue weighted by molar-refractivity contribution is -0.117. The topological polar surface area (TPSA) is 65.2 Å². The van der Waals surface area contributed by atoms with Gasteiger partial charge in [0.2, 0.25) is 11.7 Å². The highest BCUT2D eigenvalue weighted by Gasteiger charge is 2.09. The van der Waals surface area contributed by atoms with Crippen LogP contribution in [0.25, 0.3) is 11.4 Å². The lowest BCUT2D eigenvalue weighted by Crippen LogP contribution is -1.94. The summed E-state index contributed by atoms with van der Waals surface area (Å²) >= 11 is 0. The Bertz CT molecular complexity index is 531. The number of ether oxygens (including phenoxy) is 1. The van der Waals surface area contributed by atoms with Gasteiger partial charge in [-0.15, -0.1) is 0 Å². The molecular weight excluding hydrogens is 232 g/mol. The van der Waals surface area contributed by atoms with Gasteiger partial charge in [-0.05, 0) is 31.2 Å². The van der Waals surface area contributed by atoms with Gasteiger partial charge in [-0.2, -0.15) is 4.98 Å². The van der Waals surface area contributed by atoms with Crippen LogP contribution in [0, 0.1) is 0 Å². The molecule has 94 valence electrons. The van der Waals surface area contributed by atoms with E-state index in [1.807, 2.05) is 24.3 Å². The van der Waals surface area contributed by atoms with Crippen LogP contribution in [0.5, 0.6) is 5.75 Å². The summed E-state index contributed by atoms with van der Waals surface area (Å²) in [5.41, 5.74) is 0.855. The van der Waals surface area contributed by atoms with E-state index in [4.69, 9.17) is 9.26 Å². The van der Waals surface area contributed by atoms with Gasteiger partial charge >= 0.3 is 0 Å². The quantitative estimate of drug-likeness (QED) is 0.809. The molecule has 1 aromatic carbocycles. The van der Waals surface area contributed by atoms with Crippen LogP contribution in [0.2, 0.25) is 0 Å². The Labute approximate surface area is 105 Å². The molecule has 0 unspecified atom stereocenters. The summed E-state index contributed by atoms with van der Waals surface area (Å²) in [4.78, 5) is 15.1. The highest BCUT2D eigenvalue weighted by atomic mass is 16.5. The lowest BCUT2D eigenvalue weighted by atomic mass is 10.2. The number of hydrogen-bond acceptors (Lipinski definition) is 5. The zero-order valence-corrected chi connectivity index (χ0v) is 10.3. The molecule has 0 saturated carbocycles. The molecule has 0 spiro atoms. The minimum absolute atomic E-state index is 0.110. The molecule has 0 radical (unpaired) electrons. The fourth-order valence-corrected chi connectivity index (χ4v) is 1.50. The molecule has 18 heavy (non-hydrogen) atoms. The van der Waals surface area contributed by atoms with E-state index in [-0.39, 0.29) is 5.78 Å². The van der Waals surface area contributed by atoms with Crippen molar-refractivity contribution in [1.82, 2.24) is 10.1 Å². The second-order valence-corrected chi connectivity index (χ2v) is 3.94. The molecule has 1 aromatic heterocycles. The molecule has 5 nitrogen and oxygen atoms in total. The number of rotatable bonds is 5. The number of carbonyl (C=O) groups is 1. The second-order valence-electron chi connectivity index (χ2n) is 3.94. The van der Waals surface area contributed by atoms with Crippen LogP contribution in [0.4, 0.5) is 0 Å². The second kappa shape index (κ2) is 5.44. The minimum atomic E-state index is 0.110. The van der Waals surface area contributed by atoms with Crippen molar-refractivity contribution in [1.29, 1.82) is 0 Å². The van der Waals surface area contributed by atoms with Crippen LogP contribution in [-0.2, 0) is 11.2 Å². The number of hydrogen-bond donors (Lipinski definition) is 0. The lowest BCUT2D eigenvalue weighted by Gasteiger charge is -1.98. The van der Waals surface area contributed by atoms with Crippen molar-refractivity contribution in [2.75, 3.05) is 7.11 Å². The van der Waals surface area contributed by atoms with Crippen LogP contribution >= 0.6 is 0 Å². The first kappa shape index (κ1) is 12.3. The molecule has 0 atom stereocenters. The smallest absolute Gasteiger partial charge is 0.227 e. The van der Waals surface area contributed by atoms with Gasteiger partial charge in [-0.1, -0.05) is 5.16 Å². The molecule has 0 N–H and O–H groups in total. The Kier molecular flexibility index (Phi) is 3.72. The molecule has 0 fully saturated rings. The fraction of sp³-hybridized carbons (Fsp3) is 0.308. The number of ketones is 1. The van der Waals surface area contributed by atoms with Crippen molar-refractivity contribution < 1.29 is 14.1 Å². The molecule has 0 aliphatic carbocycles. The van der Waals surface area contributed by atoms with Crippen LogP contribution in [0.3, 0.4) is 0 Å². The van der Waals surface area contributed by atoms with Crippen molar-refractivity contribution >= 4 is 5.78 Å². The van der Waals surface area contributed by atoms with E-state index in [1.165, 1.54) is 0 Å². The SMILES string of the molecule is COc1ccc(-c2noc(CCC(C)=O)n2)cc1. The van der Waals surface area contributed by atoms with Crippen LogP contribution < -0.4 is 4.74 Å². The first-order valence-electron chi connectivity index (χ1n) is 5.65. The van der Waals surface area contributed by atoms with E-state index in [1.54, 1.807) is 14.0 Å². The third-order valence-electron chi connectivity index (χ3n) is 2.51. The maximum absolute atomic E-state index is 10.9. The average Bonchev–Trinajstić information content (AvgIpc) is 2.85. The largest absolute Gasteiger partial charge is 0.497 e. The summed E-state index contributed by atoms with van der Waals surface area (Å²) in [7, 11) is 1.61. The number of aromatic nitrogens is 2. The monoisotopic (exact) mass is 246 g/mol. The zero-order valence-electron chi connectivity index (χ0n) is 10.3. The summed E-state index contributed by atoms with van der Waals surface area (Å²) in [6.07, 6.45) is 0.905. The predicted molar refractivity (Wildman–Crippen MR) is 65.3 cm³/mol. The van der Waals surface area contributed by atoms with Crippen LogP contribution in [0.15, 0.2) is 28.8 Å². The Morgan fingerprint density at radius 3 is 2.67 bits per heavy atom. The molecule has 0 saturated heterocycles. The predicted octanol–water partition coefficient (Wildman–Crippen LogP) is 2.27. The standard InChI is InChI=1S/C13H14N2O3/c1-9(16)3-8-12-14-13(15-18-12)10-4-6-11(17-2)7-5-10/h4-7H,3,8H2,1-2H3. The van der Waals surface area contributed by atoms with E-state index in [9.17, 15) is 4.79 Å². The van der Waals surface area contributed by atoms with Crippen LogP contribution in [-0.4, -0.2) is 23.0 Å². The average molecular weight is 246 g/mol. The van der Waals surface area contributed by atoms with Gasteiger partial charge in [-0.3, -0.25) is 0 Å². The first-order valence-corrected chi connectivity index (χ1v) is 5.65. The summed E-state index contributed by atoms with van der Waals surface area (Å²) in [6, 6.07) is 7.39. The summed E-state index contributed by atoms with van der Waals surface area (Å²) in [5, 5.41) is 3.88. The third kappa shape index (κ3) is 2.94. The summed E-state index contributed by atoms with van der Waals surface area (Å²) in [6.45, 7) is 1.54. The highest BCUT2D eigenvalue weighted by molar-refractivity contribution is 5.75. The zero-order chi connectivity index (χ0) is 13.0. The minimum Gasteiger partial charge on any atom is -0.497 e. The van der Waals surface area contributed by atoms with Crippen molar-refractivity contribution in [3.05, 3.63) is 30.2 Å². The molecule has 2 rings (SSSR count). The summed E-state index contributed by atoms with van der Waals surface area (Å²) < 4.78 is 10.2. The number of Topliss-reactive ketones (excluding diaryl/α,β-unsaturated/α-hetero) is 1. The van der Waals surface area contributed by atoms with Gasteiger partial charge in [0.1, 0.15) is 11.5 Å². The van der Waals surface area contributed by atoms with E-state index >= 15 is 0 Å². The Morgan fingerprint density at radius 2 is 2.06 bits per heavy atom. The van der Waals surface area contributed by atoms with Gasteiger partial charge in [0.05, 0.1) is 7.11 Å². The van der Waals surface area contributed by atoms with E-state index in [2.05, 4.69) is 10.1 Å². The van der Waals surface area contributed by atoms with Gasteiger partial charge in [-0.25, -0.2) is 0 Å². The third-order valence-corrected chi connectivity index (χ3v) is 2.51. The number of methoxy groups -OCH3 is 1. The Morgan fingerprint density at radius 1 is 1.33 bits per heavy atom. The molecule has 0 aliphatic rings. The number of benzene rings is 1. The Balaban J connectivity index is 2.10. The molecule has 0 amide bonds. The van der Waals surface area contributed by atoms with Crippen molar-refractivity contribution in [3.8, 4) is 17.1 Å². The van der Waals surface area contributed by atoms with Crippen LogP contribution in [0.1, 0.15) is 19.2 Å².